The summed E-state index contributed by atoms with van der Waals surface area (Å²) in [5.74, 6) is -0.107. The van der Waals surface area contributed by atoms with Gasteiger partial charge in [-0.3, -0.25) is 4.79 Å². The van der Waals surface area contributed by atoms with Crippen LogP contribution in [0.1, 0.15) is 43.0 Å². The van der Waals surface area contributed by atoms with E-state index in [0.29, 0.717) is 18.4 Å². The van der Waals surface area contributed by atoms with Gasteiger partial charge in [-0.1, -0.05) is 25.0 Å². The Morgan fingerprint density at radius 2 is 1.80 bits per heavy atom. The lowest BCUT2D eigenvalue weighted by atomic mass is 9.93. The molecule has 2 atom stereocenters. The standard InChI is InChI=1S/C14H19NO4S/c1-10(16)11-6-8-12(9-7-11)20(18,19)15-13-4-2-3-5-14(13)17/h6-9,13-15,17H,2-5H2,1H3/t13-,14-/m0/s1. The predicted octanol–water partition coefficient (Wildman–Crippen LogP) is 1.47. The highest BCUT2D eigenvalue weighted by molar-refractivity contribution is 7.89. The number of carbonyl (C=O) groups excluding carboxylic acids is 1. The van der Waals surface area contributed by atoms with Crippen molar-refractivity contribution >= 4 is 15.8 Å². The van der Waals surface area contributed by atoms with Gasteiger partial charge in [0.1, 0.15) is 0 Å². The summed E-state index contributed by atoms with van der Waals surface area (Å²) < 4.78 is 27.0. The van der Waals surface area contributed by atoms with E-state index in [1.165, 1.54) is 31.2 Å². The summed E-state index contributed by atoms with van der Waals surface area (Å²) in [5, 5.41) is 9.82. The highest BCUT2D eigenvalue weighted by Gasteiger charge is 2.28. The first-order chi connectivity index (χ1) is 9.40. The second-order valence-electron chi connectivity index (χ2n) is 5.16. The first kappa shape index (κ1) is 15.2. The molecule has 0 aliphatic heterocycles. The number of sulfonamides is 1. The van der Waals surface area contributed by atoms with E-state index in [2.05, 4.69) is 4.72 Å². The van der Waals surface area contributed by atoms with Crippen molar-refractivity contribution in [3.05, 3.63) is 29.8 Å². The second kappa shape index (κ2) is 6.03. The van der Waals surface area contributed by atoms with Gasteiger partial charge in [-0.05, 0) is 31.9 Å². The monoisotopic (exact) mass is 297 g/mol. The van der Waals surface area contributed by atoms with Gasteiger partial charge >= 0.3 is 0 Å². The summed E-state index contributed by atoms with van der Waals surface area (Å²) >= 11 is 0. The van der Waals surface area contributed by atoms with Crippen molar-refractivity contribution in [2.75, 3.05) is 0 Å². The topological polar surface area (TPSA) is 83.5 Å². The van der Waals surface area contributed by atoms with Crippen molar-refractivity contribution in [3.8, 4) is 0 Å². The molecule has 0 spiro atoms. The fourth-order valence-corrected chi connectivity index (χ4v) is 3.69. The molecule has 1 aliphatic carbocycles. The molecule has 6 heteroatoms. The van der Waals surface area contributed by atoms with E-state index < -0.39 is 22.2 Å². The van der Waals surface area contributed by atoms with Crippen molar-refractivity contribution in [3.63, 3.8) is 0 Å². The first-order valence-electron chi connectivity index (χ1n) is 6.71. The van der Waals surface area contributed by atoms with E-state index in [1.54, 1.807) is 0 Å². The van der Waals surface area contributed by atoms with E-state index in [-0.39, 0.29) is 10.7 Å². The molecule has 1 aromatic rings. The van der Waals surface area contributed by atoms with Crippen molar-refractivity contribution in [1.29, 1.82) is 0 Å². The minimum absolute atomic E-state index is 0.107. The van der Waals surface area contributed by atoms with Crippen LogP contribution in [0.3, 0.4) is 0 Å². The average Bonchev–Trinajstić information content (AvgIpc) is 2.41. The normalized spacial score (nSPS) is 23.5. The summed E-state index contributed by atoms with van der Waals surface area (Å²) in [6.07, 6.45) is 2.47. The predicted molar refractivity (Wildman–Crippen MR) is 75.0 cm³/mol. The van der Waals surface area contributed by atoms with Crippen LogP contribution in [0.4, 0.5) is 0 Å². The summed E-state index contributed by atoms with van der Waals surface area (Å²) in [5.41, 5.74) is 0.474. The number of nitrogens with one attached hydrogen (secondary N) is 1. The molecule has 2 rings (SSSR count). The number of hydrogen-bond acceptors (Lipinski definition) is 4. The fraction of sp³-hybridized carbons (Fsp3) is 0.500. The molecular formula is C14H19NO4S. The molecule has 0 heterocycles. The minimum Gasteiger partial charge on any atom is -0.391 e. The van der Waals surface area contributed by atoms with Crippen LogP contribution in [0.2, 0.25) is 0 Å². The zero-order valence-corrected chi connectivity index (χ0v) is 12.2. The summed E-state index contributed by atoms with van der Waals surface area (Å²) in [6.45, 7) is 1.43. The van der Waals surface area contributed by atoms with Crippen LogP contribution in [0.25, 0.3) is 0 Å². The highest BCUT2D eigenvalue weighted by atomic mass is 32.2. The average molecular weight is 297 g/mol. The van der Waals surface area contributed by atoms with Crippen LogP contribution in [0, 0.1) is 0 Å². The van der Waals surface area contributed by atoms with Crippen LogP contribution in [0.15, 0.2) is 29.2 Å². The summed E-state index contributed by atoms with van der Waals surface area (Å²) in [4.78, 5) is 11.3. The van der Waals surface area contributed by atoms with Crippen LogP contribution >= 0.6 is 0 Å². The molecule has 110 valence electrons. The largest absolute Gasteiger partial charge is 0.391 e. The van der Waals surface area contributed by atoms with E-state index in [1.807, 2.05) is 0 Å². The van der Waals surface area contributed by atoms with Gasteiger partial charge in [-0.25, -0.2) is 13.1 Å². The Balaban J connectivity index is 2.15. The van der Waals surface area contributed by atoms with Gasteiger partial charge in [-0.2, -0.15) is 0 Å². The van der Waals surface area contributed by atoms with Crippen LogP contribution in [-0.4, -0.2) is 31.5 Å². The van der Waals surface area contributed by atoms with Gasteiger partial charge in [0.05, 0.1) is 11.0 Å². The van der Waals surface area contributed by atoms with E-state index >= 15 is 0 Å². The third kappa shape index (κ3) is 3.45. The molecule has 1 fully saturated rings. The number of aliphatic hydroxyl groups excluding tert-OH is 1. The molecule has 0 radical (unpaired) electrons. The smallest absolute Gasteiger partial charge is 0.240 e. The number of hydrogen-bond donors (Lipinski definition) is 2. The van der Waals surface area contributed by atoms with Crippen molar-refractivity contribution < 1.29 is 18.3 Å². The molecule has 0 bridgehead atoms. The van der Waals surface area contributed by atoms with Gasteiger partial charge < -0.3 is 5.11 Å². The number of ketones is 1. The Kier molecular flexibility index (Phi) is 4.57. The molecule has 0 aromatic heterocycles. The summed E-state index contributed by atoms with van der Waals surface area (Å²) in [7, 11) is -3.66. The first-order valence-corrected chi connectivity index (χ1v) is 8.20. The second-order valence-corrected chi connectivity index (χ2v) is 6.87. The van der Waals surface area contributed by atoms with E-state index in [9.17, 15) is 18.3 Å². The Morgan fingerprint density at radius 3 is 2.35 bits per heavy atom. The molecule has 0 unspecified atom stereocenters. The van der Waals surface area contributed by atoms with Crippen LogP contribution in [-0.2, 0) is 10.0 Å². The minimum atomic E-state index is -3.66. The van der Waals surface area contributed by atoms with Crippen molar-refractivity contribution in [1.82, 2.24) is 4.72 Å². The van der Waals surface area contributed by atoms with Gasteiger partial charge in [0, 0.05) is 11.6 Å². The third-order valence-electron chi connectivity index (χ3n) is 3.61. The number of carbonyl (C=O) groups is 1. The lowest BCUT2D eigenvalue weighted by molar-refractivity contribution is 0.101. The van der Waals surface area contributed by atoms with Gasteiger partial charge in [0.15, 0.2) is 5.78 Å². The number of Topliss-reactive ketones (excluding diaryl/α,β-unsaturated/α-hetero) is 1. The van der Waals surface area contributed by atoms with E-state index in [4.69, 9.17) is 0 Å². The number of rotatable bonds is 4. The highest BCUT2D eigenvalue weighted by Crippen LogP contribution is 2.20. The van der Waals surface area contributed by atoms with Gasteiger partial charge in [0.2, 0.25) is 10.0 Å². The quantitative estimate of drug-likeness (QED) is 0.824. The Labute approximate surface area is 119 Å². The Bertz CT molecular complexity index is 580. The SMILES string of the molecule is CC(=O)c1ccc(S(=O)(=O)N[C@H]2CCCC[C@@H]2O)cc1. The molecule has 0 amide bonds. The number of benzene rings is 1. The molecule has 5 nitrogen and oxygen atoms in total. The maximum Gasteiger partial charge on any atom is 0.240 e. The molecule has 1 aliphatic rings. The molecular weight excluding hydrogens is 278 g/mol. The Morgan fingerprint density at radius 1 is 1.20 bits per heavy atom. The Hall–Kier alpha value is -1.24. The fourth-order valence-electron chi connectivity index (χ4n) is 2.38. The molecule has 2 N–H and O–H groups in total. The zero-order valence-electron chi connectivity index (χ0n) is 11.4. The van der Waals surface area contributed by atoms with Crippen LogP contribution in [0.5, 0.6) is 0 Å². The van der Waals surface area contributed by atoms with Crippen molar-refractivity contribution in [2.24, 2.45) is 0 Å². The lowest BCUT2D eigenvalue weighted by Crippen LogP contribution is -2.44. The maximum atomic E-state index is 12.2. The number of aliphatic hydroxyl groups is 1. The molecule has 1 aromatic carbocycles. The third-order valence-corrected chi connectivity index (χ3v) is 5.11. The van der Waals surface area contributed by atoms with Crippen molar-refractivity contribution in [2.45, 2.75) is 49.6 Å². The van der Waals surface area contributed by atoms with Crippen LogP contribution < -0.4 is 4.72 Å². The zero-order chi connectivity index (χ0) is 14.8. The molecule has 20 heavy (non-hydrogen) atoms. The van der Waals surface area contributed by atoms with Gasteiger partial charge in [-0.15, -0.1) is 0 Å². The molecule has 1 saturated carbocycles. The summed E-state index contributed by atoms with van der Waals surface area (Å²) in [6, 6.07) is 5.38. The maximum absolute atomic E-state index is 12.2. The van der Waals surface area contributed by atoms with Gasteiger partial charge in [0.25, 0.3) is 0 Å². The van der Waals surface area contributed by atoms with E-state index in [0.717, 1.165) is 12.8 Å². The molecule has 0 saturated heterocycles. The lowest BCUT2D eigenvalue weighted by Gasteiger charge is -2.28.